The highest BCUT2D eigenvalue weighted by Crippen LogP contribution is 2.44. The Bertz CT molecular complexity index is 1270. The molecule has 1 nitrogen and oxygen atoms in total. The lowest BCUT2D eigenvalue weighted by atomic mass is 9.65. The van der Waals surface area contributed by atoms with E-state index in [1.54, 1.807) is 12.4 Å². The van der Waals surface area contributed by atoms with Gasteiger partial charge < -0.3 is 0 Å². The molecule has 0 amide bonds. The second-order valence-corrected chi connectivity index (χ2v) is 7.91. The van der Waals surface area contributed by atoms with Crippen molar-refractivity contribution in [3.05, 3.63) is 173 Å². The van der Waals surface area contributed by atoms with Gasteiger partial charge in [-0.1, -0.05) is 115 Å². The van der Waals surface area contributed by atoms with Crippen LogP contribution in [0.3, 0.4) is 0 Å². The fourth-order valence-electron chi connectivity index (χ4n) is 4.45. The number of hydrogen-bond donors (Lipinski definition) is 0. The third-order valence-electron chi connectivity index (χ3n) is 5.97. The Balaban J connectivity index is 1.69. The summed E-state index contributed by atoms with van der Waals surface area (Å²) in [7, 11) is 0. The second kappa shape index (κ2) is 9.39. The number of rotatable bonds is 4. The van der Waals surface area contributed by atoms with Crippen LogP contribution >= 0.6 is 0 Å². The van der Waals surface area contributed by atoms with Gasteiger partial charge in [0.2, 0.25) is 0 Å². The van der Waals surface area contributed by atoms with Gasteiger partial charge >= 0.3 is 0 Å². The van der Waals surface area contributed by atoms with Gasteiger partial charge in [-0.15, -0.1) is 0 Å². The molecule has 0 aliphatic carbocycles. The van der Waals surface area contributed by atoms with Crippen molar-refractivity contribution in [2.75, 3.05) is 0 Å². The maximum atomic E-state index is 4.06. The lowest BCUT2D eigenvalue weighted by Gasteiger charge is -2.36. The fraction of sp³-hybridized carbons (Fsp3) is 0.0312. The first-order valence-electron chi connectivity index (χ1n) is 11.1. The van der Waals surface area contributed by atoms with Crippen LogP contribution in [0.1, 0.15) is 33.4 Å². The van der Waals surface area contributed by atoms with Gasteiger partial charge in [-0.3, -0.25) is 4.98 Å². The Kier molecular flexibility index (Phi) is 5.83. The molecule has 1 aromatic heterocycles. The molecule has 156 valence electrons. The Morgan fingerprint density at radius 2 is 0.758 bits per heavy atom. The zero-order valence-corrected chi connectivity index (χ0v) is 18.2. The summed E-state index contributed by atoms with van der Waals surface area (Å²) in [6.45, 7) is 0. The zero-order valence-electron chi connectivity index (χ0n) is 18.2. The van der Waals surface area contributed by atoms with E-state index in [9.17, 15) is 0 Å². The predicted octanol–water partition coefficient (Wildman–Crippen LogP) is 6.86. The highest BCUT2D eigenvalue weighted by atomic mass is 14.6. The van der Waals surface area contributed by atoms with Gasteiger partial charge in [-0.05, 0) is 46.5 Å². The molecule has 5 rings (SSSR count). The van der Waals surface area contributed by atoms with Gasteiger partial charge in [0, 0.05) is 23.5 Å². The first-order valence-corrected chi connectivity index (χ1v) is 11.1. The molecule has 0 radical (unpaired) electrons. The van der Waals surface area contributed by atoms with Crippen molar-refractivity contribution in [2.45, 2.75) is 5.41 Å². The number of hydrogen-bond acceptors (Lipinski definition) is 1. The molecule has 0 aliphatic heterocycles. The van der Waals surface area contributed by atoms with E-state index in [0.29, 0.717) is 0 Å². The van der Waals surface area contributed by atoms with Crippen molar-refractivity contribution in [3.8, 4) is 11.8 Å². The van der Waals surface area contributed by atoms with E-state index in [4.69, 9.17) is 0 Å². The van der Waals surface area contributed by atoms with E-state index in [1.807, 2.05) is 12.1 Å². The summed E-state index contributed by atoms with van der Waals surface area (Å²) in [6.07, 6.45) is 3.53. The van der Waals surface area contributed by atoms with Crippen molar-refractivity contribution in [1.29, 1.82) is 0 Å². The minimum atomic E-state index is -0.430. The number of pyridine rings is 1. The normalized spacial score (nSPS) is 10.8. The maximum Gasteiger partial charge on any atom is 0.0701 e. The number of nitrogens with zero attached hydrogens (tertiary/aromatic N) is 1. The molecule has 0 unspecified atom stereocenters. The van der Waals surface area contributed by atoms with E-state index in [1.165, 1.54) is 22.3 Å². The third kappa shape index (κ3) is 4.07. The van der Waals surface area contributed by atoms with E-state index < -0.39 is 5.41 Å². The average Bonchev–Trinajstić information content (AvgIpc) is 2.91. The molecule has 1 heteroatoms. The summed E-state index contributed by atoms with van der Waals surface area (Å²) in [4.78, 5) is 4.06. The molecule has 0 fully saturated rings. The lowest BCUT2D eigenvalue weighted by Crippen LogP contribution is -2.30. The van der Waals surface area contributed by atoms with Gasteiger partial charge in [0.25, 0.3) is 0 Å². The van der Waals surface area contributed by atoms with E-state index in [2.05, 4.69) is 132 Å². The second-order valence-electron chi connectivity index (χ2n) is 7.91. The summed E-state index contributed by atoms with van der Waals surface area (Å²) in [6, 6.07) is 44.7. The van der Waals surface area contributed by atoms with Crippen molar-refractivity contribution in [3.63, 3.8) is 0 Å². The molecule has 0 saturated carbocycles. The largest absolute Gasteiger partial charge is 0.265 e. The van der Waals surface area contributed by atoms with Crippen LogP contribution in [-0.2, 0) is 5.41 Å². The molecule has 0 spiro atoms. The van der Waals surface area contributed by atoms with Crippen LogP contribution in [0.25, 0.3) is 0 Å². The number of benzene rings is 4. The van der Waals surface area contributed by atoms with E-state index in [0.717, 1.165) is 11.1 Å². The standard InChI is InChI=1S/C32H23N/c1-4-10-28(11-5-1)32(29-12-6-2-7-13-29,30-14-8-3-9-15-30)31-20-18-26(19-21-31)16-17-27-22-24-33-25-23-27/h1-15,18-25H. The first-order chi connectivity index (χ1) is 16.4. The van der Waals surface area contributed by atoms with Gasteiger partial charge in [-0.2, -0.15) is 0 Å². The molecule has 5 aromatic rings. The smallest absolute Gasteiger partial charge is 0.0701 e. The Hall–Kier alpha value is -4.41. The molecule has 0 atom stereocenters. The van der Waals surface area contributed by atoms with Crippen molar-refractivity contribution in [2.24, 2.45) is 0 Å². The van der Waals surface area contributed by atoms with Crippen LogP contribution in [0.5, 0.6) is 0 Å². The van der Waals surface area contributed by atoms with Crippen molar-refractivity contribution < 1.29 is 0 Å². The van der Waals surface area contributed by atoms with Crippen LogP contribution in [0.15, 0.2) is 140 Å². The highest BCUT2D eigenvalue weighted by Gasteiger charge is 2.37. The number of aromatic nitrogens is 1. The summed E-state index contributed by atoms with van der Waals surface area (Å²) in [5.74, 6) is 6.51. The van der Waals surface area contributed by atoms with Gasteiger partial charge in [0.1, 0.15) is 0 Å². The average molecular weight is 422 g/mol. The topological polar surface area (TPSA) is 12.9 Å². The van der Waals surface area contributed by atoms with Gasteiger partial charge in [-0.25, -0.2) is 0 Å². The minimum Gasteiger partial charge on any atom is -0.265 e. The summed E-state index contributed by atoms with van der Waals surface area (Å²) in [5.41, 5.74) is 6.43. The summed E-state index contributed by atoms with van der Waals surface area (Å²) < 4.78 is 0. The van der Waals surface area contributed by atoms with Crippen LogP contribution < -0.4 is 0 Å². The molecule has 1 heterocycles. The maximum absolute atomic E-state index is 4.06. The van der Waals surface area contributed by atoms with Crippen LogP contribution in [0.2, 0.25) is 0 Å². The molecular formula is C32H23N. The fourth-order valence-corrected chi connectivity index (χ4v) is 4.45. The lowest BCUT2D eigenvalue weighted by molar-refractivity contribution is 0.745. The molecule has 0 aliphatic rings. The molecule has 0 N–H and O–H groups in total. The first kappa shape index (κ1) is 20.5. The molecule has 0 saturated heterocycles. The Morgan fingerprint density at radius 1 is 0.394 bits per heavy atom. The third-order valence-corrected chi connectivity index (χ3v) is 5.97. The van der Waals surface area contributed by atoms with Crippen LogP contribution in [0, 0.1) is 11.8 Å². The van der Waals surface area contributed by atoms with Gasteiger partial charge in [0.05, 0.1) is 5.41 Å². The minimum absolute atomic E-state index is 0.430. The summed E-state index contributed by atoms with van der Waals surface area (Å²) in [5, 5.41) is 0. The van der Waals surface area contributed by atoms with Crippen LogP contribution in [0.4, 0.5) is 0 Å². The Morgan fingerprint density at radius 3 is 1.18 bits per heavy atom. The summed E-state index contributed by atoms with van der Waals surface area (Å²) >= 11 is 0. The van der Waals surface area contributed by atoms with E-state index in [-0.39, 0.29) is 0 Å². The van der Waals surface area contributed by atoms with Gasteiger partial charge in [0.15, 0.2) is 0 Å². The quantitative estimate of drug-likeness (QED) is 0.228. The highest BCUT2D eigenvalue weighted by molar-refractivity contribution is 5.60. The van der Waals surface area contributed by atoms with Crippen molar-refractivity contribution in [1.82, 2.24) is 4.98 Å². The van der Waals surface area contributed by atoms with Crippen molar-refractivity contribution >= 4 is 0 Å². The zero-order chi connectivity index (χ0) is 22.3. The monoisotopic (exact) mass is 421 g/mol. The predicted molar refractivity (Wildman–Crippen MR) is 135 cm³/mol. The molecule has 4 aromatic carbocycles. The van der Waals surface area contributed by atoms with E-state index >= 15 is 0 Å². The van der Waals surface area contributed by atoms with Crippen LogP contribution in [-0.4, -0.2) is 4.98 Å². The molecule has 0 bridgehead atoms. The molecule has 33 heavy (non-hydrogen) atoms. The Labute approximate surface area is 195 Å². The SMILES string of the molecule is C(#Cc1ccc(C(c2ccccc2)(c2ccccc2)c2ccccc2)cc1)c1ccncc1. The molecular weight excluding hydrogens is 398 g/mol.